The van der Waals surface area contributed by atoms with Crippen molar-refractivity contribution in [2.45, 2.75) is 13.8 Å². The predicted molar refractivity (Wildman–Crippen MR) is 109 cm³/mol. The minimum Gasteiger partial charge on any atom is -0.457 e. The Labute approximate surface area is 166 Å². The number of nitrogens with zero attached hydrogens (tertiary/aromatic N) is 1. The Morgan fingerprint density at radius 2 is 1.89 bits per heavy atom. The summed E-state index contributed by atoms with van der Waals surface area (Å²) in [6, 6.07) is 18.8. The minimum absolute atomic E-state index is 0.122. The van der Waals surface area contributed by atoms with Gasteiger partial charge in [0.05, 0.1) is 0 Å². The van der Waals surface area contributed by atoms with Crippen molar-refractivity contribution in [3.8, 4) is 17.4 Å². The number of nitrogens with one attached hydrogen (secondary N) is 1. The van der Waals surface area contributed by atoms with Gasteiger partial charge in [-0.15, -0.1) is 0 Å². The predicted octanol–water partition coefficient (Wildman–Crippen LogP) is 5.62. The number of furan rings is 1. The van der Waals surface area contributed by atoms with E-state index in [-0.39, 0.29) is 11.6 Å². The second kappa shape index (κ2) is 8.07. The van der Waals surface area contributed by atoms with Crippen LogP contribution in [0.1, 0.15) is 27.2 Å². The molecule has 0 unspecified atom stereocenters. The number of hydrogen-bond acceptors (Lipinski definition) is 3. The van der Waals surface area contributed by atoms with Gasteiger partial charge in [-0.25, -0.2) is 0 Å². The number of halogens is 1. The van der Waals surface area contributed by atoms with Gasteiger partial charge in [0.2, 0.25) is 0 Å². The van der Waals surface area contributed by atoms with Gasteiger partial charge < -0.3 is 9.73 Å². The lowest BCUT2D eigenvalue weighted by molar-refractivity contribution is 0.0967. The fraction of sp³-hybridized carbons (Fsp3) is 0.0909. The summed E-state index contributed by atoms with van der Waals surface area (Å²) in [5.74, 6) is 0.874. The highest BCUT2D eigenvalue weighted by Gasteiger charge is 2.11. The molecule has 1 N–H and O–H groups in total. The van der Waals surface area contributed by atoms with Crippen LogP contribution >= 0.6 is 15.9 Å². The van der Waals surface area contributed by atoms with E-state index in [1.165, 1.54) is 6.08 Å². The zero-order valence-electron chi connectivity index (χ0n) is 14.9. The monoisotopic (exact) mass is 420 g/mol. The number of allylic oxidation sites excluding steroid dienone is 1. The van der Waals surface area contributed by atoms with Crippen LogP contribution in [0, 0.1) is 25.2 Å². The first kappa shape index (κ1) is 18.7. The quantitative estimate of drug-likeness (QED) is 0.556. The van der Waals surface area contributed by atoms with Gasteiger partial charge in [-0.05, 0) is 61.4 Å². The largest absolute Gasteiger partial charge is 0.457 e. The van der Waals surface area contributed by atoms with Crippen LogP contribution in [0.4, 0.5) is 0 Å². The number of carbonyl (C=O) groups is 1. The summed E-state index contributed by atoms with van der Waals surface area (Å²) in [7, 11) is 0. The maximum Gasteiger partial charge on any atom is 0.256 e. The van der Waals surface area contributed by atoms with Gasteiger partial charge in [0.1, 0.15) is 23.3 Å². The van der Waals surface area contributed by atoms with Gasteiger partial charge >= 0.3 is 0 Å². The summed E-state index contributed by atoms with van der Waals surface area (Å²) in [6.45, 7) is 3.85. The van der Waals surface area contributed by atoms with Crippen LogP contribution in [0.2, 0.25) is 0 Å². The maximum absolute atomic E-state index is 12.4. The van der Waals surface area contributed by atoms with E-state index >= 15 is 0 Å². The number of benzene rings is 2. The summed E-state index contributed by atoms with van der Waals surface area (Å²) < 4.78 is 6.84. The smallest absolute Gasteiger partial charge is 0.256 e. The first-order valence-corrected chi connectivity index (χ1v) is 9.12. The second-order valence-electron chi connectivity index (χ2n) is 6.10. The topological polar surface area (TPSA) is 66.0 Å². The average Bonchev–Trinajstić information content (AvgIpc) is 3.09. The lowest BCUT2D eigenvalue weighted by Crippen LogP contribution is -2.22. The molecule has 4 nitrogen and oxygen atoms in total. The minimum atomic E-state index is -0.323. The third-order valence-corrected chi connectivity index (χ3v) is 4.62. The molecule has 2 aromatic carbocycles. The van der Waals surface area contributed by atoms with Crippen molar-refractivity contribution < 1.29 is 9.21 Å². The first-order valence-electron chi connectivity index (χ1n) is 8.33. The molecule has 0 aliphatic carbocycles. The van der Waals surface area contributed by atoms with Gasteiger partial charge in [0, 0.05) is 21.7 Å². The highest BCUT2D eigenvalue weighted by atomic mass is 79.9. The Bertz CT molecular complexity index is 1070. The van der Waals surface area contributed by atoms with Crippen molar-refractivity contribution in [3.63, 3.8) is 0 Å². The first-order chi connectivity index (χ1) is 13.0. The van der Waals surface area contributed by atoms with E-state index in [9.17, 15) is 10.1 Å². The van der Waals surface area contributed by atoms with Gasteiger partial charge in [0.25, 0.3) is 5.91 Å². The molecule has 0 fully saturated rings. The maximum atomic E-state index is 12.4. The number of rotatable bonds is 4. The van der Waals surface area contributed by atoms with Gasteiger partial charge in [-0.3, -0.25) is 4.79 Å². The molecule has 5 heteroatoms. The van der Waals surface area contributed by atoms with Crippen LogP contribution in [-0.4, -0.2) is 5.91 Å². The molecule has 0 saturated heterocycles. The molecule has 1 amide bonds. The summed E-state index contributed by atoms with van der Waals surface area (Å²) >= 11 is 3.45. The Morgan fingerprint density at radius 1 is 1.11 bits per heavy atom. The molecule has 0 radical (unpaired) electrons. The summed E-state index contributed by atoms with van der Waals surface area (Å²) in [5, 5.41) is 12.0. The molecule has 0 saturated carbocycles. The van der Waals surface area contributed by atoms with E-state index in [4.69, 9.17) is 4.42 Å². The number of nitriles is 1. The van der Waals surface area contributed by atoms with Crippen LogP contribution in [0.5, 0.6) is 0 Å². The highest BCUT2D eigenvalue weighted by Crippen LogP contribution is 2.28. The standard InChI is InChI=1S/C22H17BrN2O2/c1-14-5-3-4-6-20(14)22(26)25-17(13-24)12-18-8-10-21(27-18)19-9-7-16(23)11-15(19)2/h3-12H,1-2H3,(H,25,26). The van der Waals surface area contributed by atoms with Gasteiger partial charge in [0.15, 0.2) is 0 Å². The van der Waals surface area contributed by atoms with Gasteiger partial charge in [-0.2, -0.15) is 5.26 Å². The summed E-state index contributed by atoms with van der Waals surface area (Å²) in [5.41, 5.74) is 3.54. The van der Waals surface area contributed by atoms with E-state index in [2.05, 4.69) is 21.2 Å². The molecule has 27 heavy (non-hydrogen) atoms. The average molecular weight is 421 g/mol. The number of aryl methyl sites for hydroxylation is 2. The Morgan fingerprint density at radius 3 is 2.59 bits per heavy atom. The van der Waals surface area contributed by atoms with Crippen molar-refractivity contribution in [2.24, 2.45) is 0 Å². The Hall–Kier alpha value is -3.10. The lowest BCUT2D eigenvalue weighted by Gasteiger charge is -2.06. The molecular formula is C22H17BrN2O2. The number of amides is 1. The van der Waals surface area contributed by atoms with Crippen molar-refractivity contribution >= 4 is 27.9 Å². The zero-order valence-corrected chi connectivity index (χ0v) is 16.5. The molecule has 3 rings (SSSR count). The normalized spacial score (nSPS) is 11.1. The summed E-state index contributed by atoms with van der Waals surface area (Å²) in [4.78, 5) is 12.4. The van der Waals surface area contributed by atoms with E-state index in [1.807, 2.05) is 56.3 Å². The van der Waals surface area contributed by atoms with E-state index in [1.54, 1.807) is 18.2 Å². The van der Waals surface area contributed by atoms with E-state index < -0.39 is 0 Å². The molecular weight excluding hydrogens is 404 g/mol. The molecule has 1 heterocycles. The zero-order chi connectivity index (χ0) is 19.4. The highest BCUT2D eigenvalue weighted by molar-refractivity contribution is 9.10. The molecule has 1 aromatic heterocycles. The van der Waals surface area contributed by atoms with Crippen molar-refractivity contribution in [1.29, 1.82) is 5.26 Å². The number of hydrogen-bond donors (Lipinski definition) is 1. The molecule has 0 atom stereocenters. The second-order valence-corrected chi connectivity index (χ2v) is 7.02. The Kier molecular flexibility index (Phi) is 5.58. The van der Waals surface area contributed by atoms with E-state index in [0.717, 1.165) is 21.2 Å². The van der Waals surface area contributed by atoms with Crippen LogP contribution in [0.3, 0.4) is 0 Å². The third-order valence-electron chi connectivity index (χ3n) is 4.13. The molecule has 0 bridgehead atoms. The fourth-order valence-corrected chi connectivity index (χ4v) is 3.21. The fourth-order valence-electron chi connectivity index (χ4n) is 2.73. The van der Waals surface area contributed by atoms with Crippen LogP contribution < -0.4 is 5.32 Å². The third kappa shape index (κ3) is 4.36. The van der Waals surface area contributed by atoms with Crippen LogP contribution in [0.25, 0.3) is 17.4 Å². The van der Waals surface area contributed by atoms with Gasteiger partial charge in [-0.1, -0.05) is 34.1 Å². The number of carbonyl (C=O) groups excluding carboxylic acids is 1. The molecule has 0 aliphatic rings. The molecule has 134 valence electrons. The van der Waals surface area contributed by atoms with Crippen LogP contribution in [-0.2, 0) is 0 Å². The van der Waals surface area contributed by atoms with Crippen LogP contribution in [0.15, 0.2) is 69.2 Å². The lowest BCUT2D eigenvalue weighted by atomic mass is 10.1. The van der Waals surface area contributed by atoms with Crippen molar-refractivity contribution in [3.05, 3.63) is 87.2 Å². The SMILES string of the molecule is Cc1ccccc1C(=O)NC(C#N)=Cc1ccc(-c2ccc(Br)cc2C)o1. The molecule has 0 aliphatic heterocycles. The van der Waals surface area contributed by atoms with E-state index in [0.29, 0.717) is 17.1 Å². The molecule has 0 spiro atoms. The van der Waals surface area contributed by atoms with Crippen molar-refractivity contribution in [2.75, 3.05) is 0 Å². The van der Waals surface area contributed by atoms with Crippen molar-refractivity contribution in [1.82, 2.24) is 5.32 Å². The Balaban J connectivity index is 1.83. The molecule has 3 aromatic rings. The summed E-state index contributed by atoms with van der Waals surface area (Å²) in [6.07, 6.45) is 1.52.